The molecule has 2 heterocycles. The third-order valence-electron chi connectivity index (χ3n) is 4.93. The van der Waals surface area contributed by atoms with Crippen LogP contribution in [0.2, 0.25) is 0 Å². The Morgan fingerprint density at radius 2 is 1.87 bits per heavy atom. The molecule has 0 bridgehead atoms. The number of esters is 1. The van der Waals surface area contributed by atoms with Crippen molar-refractivity contribution in [1.29, 1.82) is 0 Å². The summed E-state index contributed by atoms with van der Waals surface area (Å²) in [7, 11) is -1.98. The SMILES string of the molecule is Cc1ccc(NC(=O)COC(=O)c2cnn(C)c2)cc1S(=O)(=O)N1CCCCCC1. The van der Waals surface area contributed by atoms with E-state index in [1.807, 2.05) is 0 Å². The van der Waals surface area contributed by atoms with Gasteiger partial charge in [0.15, 0.2) is 6.61 Å². The van der Waals surface area contributed by atoms with Gasteiger partial charge in [-0.05, 0) is 37.5 Å². The van der Waals surface area contributed by atoms with Crippen LogP contribution in [0.3, 0.4) is 0 Å². The van der Waals surface area contributed by atoms with Crippen molar-refractivity contribution in [2.75, 3.05) is 25.0 Å². The fraction of sp³-hybridized carbons (Fsp3) is 0.450. The molecule has 30 heavy (non-hydrogen) atoms. The normalized spacial score (nSPS) is 15.4. The lowest BCUT2D eigenvalue weighted by molar-refractivity contribution is -0.119. The summed E-state index contributed by atoms with van der Waals surface area (Å²) in [6, 6.07) is 4.73. The number of aryl methyl sites for hydroxylation is 2. The van der Waals surface area contributed by atoms with E-state index in [9.17, 15) is 18.0 Å². The van der Waals surface area contributed by atoms with Crippen molar-refractivity contribution in [3.05, 3.63) is 41.7 Å². The number of nitrogens with one attached hydrogen (secondary N) is 1. The molecule has 1 aromatic heterocycles. The smallest absolute Gasteiger partial charge is 0.341 e. The van der Waals surface area contributed by atoms with Gasteiger partial charge < -0.3 is 10.1 Å². The number of aromatic nitrogens is 2. The summed E-state index contributed by atoms with van der Waals surface area (Å²) in [5.74, 6) is -1.22. The molecule has 0 saturated carbocycles. The Bertz CT molecular complexity index is 1020. The summed E-state index contributed by atoms with van der Waals surface area (Å²) in [5, 5.41) is 6.46. The Hall–Kier alpha value is -2.72. The molecule has 1 aliphatic rings. The predicted molar refractivity (Wildman–Crippen MR) is 111 cm³/mol. The number of hydrogen-bond donors (Lipinski definition) is 1. The van der Waals surface area contributed by atoms with Gasteiger partial charge >= 0.3 is 5.97 Å². The van der Waals surface area contributed by atoms with E-state index < -0.39 is 28.5 Å². The number of nitrogens with zero attached hydrogens (tertiary/aromatic N) is 3. The van der Waals surface area contributed by atoms with Crippen molar-refractivity contribution in [1.82, 2.24) is 14.1 Å². The van der Waals surface area contributed by atoms with Gasteiger partial charge in [-0.3, -0.25) is 9.48 Å². The standard InChI is InChI=1S/C20H26N4O5S/c1-15-7-8-17(11-18(15)30(27,28)24-9-5-3-4-6-10-24)22-19(25)14-29-20(26)16-12-21-23(2)13-16/h7-8,11-13H,3-6,9-10,14H2,1-2H3,(H,22,25). The fourth-order valence-electron chi connectivity index (χ4n) is 3.31. The molecular formula is C20H26N4O5S. The highest BCUT2D eigenvalue weighted by atomic mass is 32.2. The number of hydrogen-bond acceptors (Lipinski definition) is 6. The van der Waals surface area contributed by atoms with E-state index in [0.717, 1.165) is 25.7 Å². The highest BCUT2D eigenvalue weighted by molar-refractivity contribution is 7.89. The average Bonchev–Trinajstić information content (AvgIpc) is 2.96. The molecule has 1 N–H and O–H groups in total. The summed E-state index contributed by atoms with van der Waals surface area (Å²) in [6.07, 6.45) is 6.58. The summed E-state index contributed by atoms with van der Waals surface area (Å²) in [4.78, 5) is 24.3. The lowest BCUT2D eigenvalue weighted by atomic mass is 10.2. The van der Waals surface area contributed by atoms with Crippen LogP contribution in [0, 0.1) is 6.92 Å². The van der Waals surface area contributed by atoms with E-state index in [-0.39, 0.29) is 10.5 Å². The zero-order chi connectivity index (χ0) is 21.7. The highest BCUT2D eigenvalue weighted by Gasteiger charge is 2.27. The molecular weight excluding hydrogens is 408 g/mol. The summed E-state index contributed by atoms with van der Waals surface area (Å²) in [6.45, 7) is 2.24. The minimum Gasteiger partial charge on any atom is -0.452 e. The molecule has 1 fully saturated rings. The molecule has 0 unspecified atom stereocenters. The van der Waals surface area contributed by atoms with Crippen LogP contribution in [0.4, 0.5) is 5.69 Å². The van der Waals surface area contributed by atoms with Gasteiger partial charge in [-0.2, -0.15) is 9.40 Å². The molecule has 2 aromatic rings. The number of rotatable bonds is 6. The molecule has 0 radical (unpaired) electrons. The molecule has 3 rings (SSSR count). The molecule has 1 aromatic carbocycles. The maximum absolute atomic E-state index is 13.1. The van der Waals surface area contributed by atoms with Crippen molar-refractivity contribution in [3.8, 4) is 0 Å². The fourth-order valence-corrected chi connectivity index (χ4v) is 5.08. The third kappa shape index (κ3) is 5.25. The van der Waals surface area contributed by atoms with Crippen LogP contribution < -0.4 is 5.32 Å². The van der Waals surface area contributed by atoms with Crippen molar-refractivity contribution < 1.29 is 22.7 Å². The second kappa shape index (κ2) is 9.40. The Kier molecular flexibility index (Phi) is 6.88. The molecule has 0 atom stereocenters. The maximum atomic E-state index is 13.1. The van der Waals surface area contributed by atoms with Gasteiger partial charge in [-0.25, -0.2) is 13.2 Å². The number of amides is 1. The van der Waals surface area contributed by atoms with Crippen molar-refractivity contribution in [2.24, 2.45) is 7.05 Å². The van der Waals surface area contributed by atoms with Gasteiger partial charge in [-0.1, -0.05) is 18.9 Å². The van der Waals surface area contributed by atoms with Crippen LogP contribution in [0.5, 0.6) is 0 Å². The lowest BCUT2D eigenvalue weighted by Crippen LogP contribution is -2.32. The molecule has 162 valence electrons. The average molecular weight is 435 g/mol. The number of benzene rings is 1. The number of carbonyl (C=O) groups is 2. The van der Waals surface area contributed by atoms with Gasteiger partial charge in [0.2, 0.25) is 10.0 Å². The number of carbonyl (C=O) groups excluding carboxylic acids is 2. The van der Waals surface area contributed by atoms with Gasteiger partial charge in [0.05, 0.1) is 16.7 Å². The molecule has 1 saturated heterocycles. The van der Waals surface area contributed by atoms with Crippen LogP contribution in [-0.4, -0.2) is 54.1 Å². The van der Waals surface area contributed by atoms with Crippen molar-refractivity contribution in [2.45, 2.75) is 37.5 Å². The molecule has 1 amide bonds. The van der Waals surface area contributed by atoms with Gasteiger partial charge in [0.1, 0.15) is 0 Å². The van der Waals surface area contributed by atoms with Crippen LogP contribution in [0.25, 0.3) is 0 Å². The van der Waals surface area contributed by atoms with Crippen LogP contribution in [0.15, 0.2) is 35.5 Å². The van der Waals surface area contributed by atoms with E-state index >= 15 is 0 Å². The molecule has 9 nitrogen and oxygen atoms in total. The molecule has 1 aliphatic heterocycles. The van der Waals surface area contributed by atoms with E-state index in [0.29, 0.717) is 24.3 Å². The third-order valence-corrected chi connectivity index (χ3v) is 6.97. The molecule has 10 heteroatoms. The lowest BCUT2D eigenvalue weighted by Gasteiger charge is -2.21. The van der Waals surface area contributed by atoms with Crippen molar-refractivity contribution in [3.63, 3.8) is 0 Å². The quantitative estimate of drug-likeness (QED) is 0.697. The predicted octanol–water partition coefficient (Wildman–Crippen LogP) is 2.09. The van der Waals surface area contributed by atoms with E-state index in [4.69, 9.17) is 4.74 Å². The van der Waals surface area contributed by atoms with Gasteiger partial charge in [-0.15, -0.1) is 0 Å². The second-order valence-corrected chi connectivity index (χ2v) is 9.23. The highest BCUT2D eigenvalue weighted by Crippen LogP contribution is 2.25. The van der Waals surface area contributed by atoms with Crippen LogP contribution >= 0.6 is 0 Å². The Morgan fingerprint density at radius 3 is 2.50 bits per heavy atom. The Balaban J connectivity index is 1.67. The summed E-state index contributed by atoms with van der Waals surface area (Å²) >= 11 is 0. The summed E-state index contributed by atoms with van der Waals surface area (Å²) in [5.41, 5.74) is 1.18. The van der Waals surface area contributed by atoms with E-state index in [2.05, 4.69) is 10.4 Å². The van der Waals surface area contributed by atoms with Crippen LogP contribution in [-0.2, 0) is 26.6 Å². The van der Waals surface area contributed by atoms with Crippen LogP contribution in [0.1, 0.15) is 41.6 Å². The monoisotopic (exact) mass is 434 g/mol. The second-order valence-electron chi connectivity index (χ2n) is 7.33. The topological polar surface area (TPSA) is 111 Å². The van der Waals surface area contributed by atoms with Gasteiger partial charge in [0.25, 0.3) is 5.91 Å². The largest absolute Gasteiger partial charge is 0.452 e. The Morgan fingerprint density at radius 1 is 1.17 bits per heavy atom. The minimum absolute atomic E-state index is 0.176. The van der Waals surface area contributed by atoms with E-state index in [1.54, 1.807) is 26.1 Å². The zero-order valence-electron chi connectivity index (χ0n) is 17.1. The molecule has 0 aliphatic carbocycles. The van der Waals surface area contributed by atoms with Crippen molar-refractivity contribution >= 4 is 27.6 Å². The first kappa shape index (κ1) is 22.0. The zero-order valence-corrected chi connectivity index (χ0v) is 17.9. The number of anilines is 1. The first-order valence-corrected chi connectivity index (χ1v) is 11.3. The number of sulfonamides is 1. The first-order valence-electron chi connectivity index (χ1n) is 9.84. The number of ether oxygens (including phenoxy) is 1. The minimum atomic E-state index is -3.65. The van der Waals surface area contributed by atoms with Gasteiger partial charge in [0, 0.05) is 32.0 Å². The Labute approximate surface area is 176 Å². The maximum Gasteiger partial charge on any atom is 0.341 e. The molecule has 0 spiro atoms. The summed E-state index contributed by atoms with van der Waals surface area (Å²) < 4.78 is 34.2. The first-order chi connectivity index (χ1) is 14.3. The van der Waals surface area contributed by atoms with E-state index in [1.165, 1.54) is 27.4 Å².